The third-order valence-electron chi connectivity index (χ3n) is 1.96. The molecule has 0 aliphatic rings. The number of esters is 1. The van der Waals surface area contributed by atoms with Gasteiger partial charge in [0, 0.05) is 18.6 Å². The van der Waals surface area contributed by atoms with E-state index in [0.29, 0.717) is 11.3 Å². The summed E-state index contributed by atoms with van der Waals surface area (Å²) in [7, 11) is 0. The maximum absolute atomic E-state index is 10.7. The highest BCUT2D eigenvalue weighted by molar-refractivity contribution is 5.80. The fraction of sp³-hybridized carbons (Fsp3) is 0.300. The van der Waals surface area contributed by atoms with Gasteiger partial charge in [-0.25, -0.2) is 0 Å². The Bertz CT molecular complexity index is 427. The van der Waals surface area contributed by atoms with Crippen molar-refractivity contribution in [3.63, 3.8) is 0 Å². The van der Waals surface area contributed by atoms with Gasteiger partial charge in [0.1, 0.15) is 5.58 Å². The van der Waals surface area contributed by atoms with Gasteiger partial charge < -0.3 is 9.15 Å². The van der Waals surface area contributed by atoms with Crippen LogP contribution in [0.2, 0.25) is 0 Å². The van der Waals surface area contributed by atoms with Crippen LogP contribution in [0.4, 0.5) is 0 Å². The Morgan fingerprint density at radius 1 is 1.54 bits per heavy atom. The fourth-order valence-electron chi connectivity index (χ4n) is 1.42. The summed E-state index contributed by atoms with van der Waals surface area (Å²) >= 11 is 0. The van der Waals surface area contributed by atoms with Crippen LogP contribution in [-0.2, 0) is 11.2 Å². The summed E-state index contributed by atoms with van der Waals surface area (Å²) in [5.74, 6) is 0.229. The summed E-state index contributed by atoms with van der Waals surface area (Å²) < 4.78 is 10.3. The van der Waals surface area contributed by atoms with E-state index in [9.17, 15) is 4.79 Å². The zero-order valence-corrected chi connectivity index (χ0v) is 7.59. The zero-order chi connectivity index (χ0) is 9.42. The van der Waals surface area contributed by atoms with E-state index in [1.165, 1.54) is 6.92 Å². The molecule has 2 heterocycles. The normalized spacial score (nSPS) is 10.9. The molecule has 0 radical (unpaired) electrons. The molecular weight excluding hydrogens is 168 g/mol. The Hall–Kier alpha value is -1.51. The molecule has 0 saturated carbocycles. The number of furan rings is 2. The molecule has 0 spiro atoms. The number of carbonyl (C=O) groups is 1. The molecule has 0 aliphatic carbocycles. The first-order valence-electron chi connectivity index (χ1n) is 4.24. The van der Waals surface area contributed by atoms with Crippen LogP contribution < -0.4 is 4.74 Å². The van der Waals surface area contributed by atoms with Crippen LogP contribution in [0, 0.1) is 0 Å². The van der Waals surface area contributed by atoms with Crippen LogP contribution in [-0.4, -0.2) is 5.97 Å². The maximum Gasteiger partial charge on any atom is 0.308 e. The largest absolute Gasteiger partial charge is 0.453 e. The minimum atomic E-state index is -0.314. The van der Waals surface area contributed by atoms with E-state index in [0.717, 1.165) is 17.6 Å². The van der Waals surface area contributed by atoms with Gasteiger partial charge in [0.2, 0.25) is 0 Å². The smallest absolute Gasteiger partial charge is 0.308 e. The topological polar surface area (TPSA) is 39.4 Å². The summed E-state index contributed by atoms with van der Waals surface area (Å²) in [6.07, 6.45) is 0.886. The first-order valence-corrected chi connectivity index (χ1v) is 4.24. The van der Waals surface area contributed by atoms with Crippen molar-refractivity contribution >= 4 is 17.1 Å². The molecule has 0 saturated heterocycles. The van der Waals surface area contributed by atoms with Gasteiger partial charge in [-0.2, -0.15) is 0 Å². The van der Waals surface area contributed by atoms with Gasteiger partial charge in [-0.05, 0) is 12.5 Å². The zero-order valence-electron chi connectivity index (χ0n) is 7.59. The Kier molecular flexibility index (Phi) is 1.72. The van der Waals surface area contributed by atoms with Crippen LogP contribution >= 0.6 is 0 Å². The summed E-state index contributed by atoms with van der Waals surface area (Å²) in [6, 6.07) is 3.69. The summed E-state index contributed by atoms with van der Waals surface area (Å²) in [6.45, 7) is 3.42. The van der Waals surface area contributed by atoms with Gasteiger partial charge in [-0.15, -0.1) is 0 Å². The summed E-state index contributed by atoms with van der Waals surface area (Å²) in [5.41, 5.74) is 2.56. The molecule has 0 atom stereocenters. The predicted octanol–water partition coefficient (Wildman–Crippen LogP) is 2.36. The predicted molar refractivity (Wildman–Crippen MR) is 48.1 cm³/mol. The van der Waals surface area contributed by atoms with Crippen molar-refractivity contribution < 1.29 is 13.9 Å². The van der Waals surface area contributed by atoms with Gasteiger partial charge >= 0.3 is 5.97 Å². The molecule has 0 unspecified atom stereocenters. The Labute approximate surface area is 75.6 Å². The summed E-state index contributed by atoms with van der Waals surface area (Å²) in [5, 5.41) is 0. The average molecular weight is 178 g/mol. The second-order valence-electron chi connectivity index (χ2n) is 2.96. The molecule has 3 nitrogen and oxygen atoms in total. The first-order chi connectivity index (χ1) is 6.20. The van der Waals surface area contributed by atoms with Crippen molar-refractivity contribution in [3.05, 3.63) is 17.7 Å². The molecule has 0 aromatic carbocycles. The minimum Gasteiger partial charge on any atom is -0.453 e. The standard InChI is InChI=1S/C10H10O3/c1-3-7-4-8-5-9(10(7)13-8)12-6(2)11/h4-5H,3H2,1-2H3. The van der Waals surface area contributed by atoms with Crippen molar-refractivity contribution in [1.29, 1.82) is 0 Å². The van der Waals surface area contributed by atoms with Gasteiger partial charge in [0.25, 0.3) is 0 Å². The molecule has 0 N–H and O–H groups in total. The Morgan fingerprint density at radius 2 is 2.31 bits per heavy atom. The van der Waals surface area contributed by atoms with Crippen LogP contribution in [0.1, 0.15) is 19.4 Å². The quantitative estimate of drug-likeness (QED) is 0.523. The number of rotatable bonds is 2. The molecule has 0 amide bonds. The second-order valence-corrected chi connectivity index (χ2v) is 2.96. The van der Waals surface area contributed by atoms with Crippen LogP contribution in [0.15, 0.2) is 16.5 Å². The van der Waals surface area contributed by atoms with E-state index >= 15 is 0 Å². The van der Waals surface area contributed by atoms with Crippen molar-refractivity contribution in [3.8, 4) is 5.75 Å². The molecule has 3 heteroatoms. The van der Waals surface area contributed by atoms with Crippen molar-refractivity contribution in [1.82, 2.24) is 0 Å². The van der Waals surface area contributed by atoms with Crippen LogP contribution in [0.25, 0.3) is 11.2 Å². The van der Waals surface area contributed by atoms with E-state index in [1.807, 2.05) is 13.0 Å². The van der Waals surface area contributed by atoms with Gasteiger partial charge in [0.15, 0.2) is 11.3 Å². The number of aryl methyl sites for hydroxylation is 1. The van der Waals surface area contributed by atoms with Crippen molar-refractivity contribution in [2.45, 2.75) is 20.3 Å². The van der Waals surface area contributed by atoms with Crippen LogP contribution in [0.5, 0.6) is 5.75 Å². The number of fused-ring (bicyclic) bond motifs is 2. The van der Waals surface area contributed by atoms with Gasteiger partial charge in [-0.1, -0.05) is 6.92 Å². The Morgan fingerprint density at radius 3 is 2.85 bits per heavy atom. The second kappa shape index (κ2) is 2.76. The maximum atomic E-state index is 10.7. The van der Waals surface area contributed by atoms with E-state index in [1.54, 1.807) is 6.07 Å². The third kappa shape index (κ3) is 1.26. The van der Waals surface area contributed by atoms with E-state index < -0.39 is 0 Å². The van der Waals surface area contributed by atoms with Gasteiger partial charge in [0.05, 0.1) is 0 Å². The molecule has 2 aromatic heterocycles. The molecule has 2 rings (SSSR count). The minimum absolute atomic E-state index is 0.314. The lowest BCUT2D eigenvalue weighted by molar-refractivity contribution is -0.131. The van der Waals surface area contributed by atoms with Crippen molar-refractivity contribution in [2.75, 3.05) is 0 Å². The highest BCUT2D eigenvalue weighted by Gasteiger charge is 2.14. The Balaban J connectivity index is 2.42. The molecule has 13 heavy (non-hydrogen) atoms. The first kappa shape index (κ1) is 8.10. The highest BCUT2D eigenvalue weighted by Crippen LogP contribution is 2.33. The lowest BCUT2D eigenvalue weighted by Gasteiger charge is -1.98. The SMILES string of the molecule is CCc1cc2cc(OC(C)=O)c1o2. The van der Waals surface area contributed by atoms with Gasteiger partial charge in [-0.3, -0.25) is 4.79 Å². The highest BCUT2D eigenvalue weighted by atomic mass is 16.5. The third-order valence-corrected chi connectivity index (χ3v) is 1.96. The lowest BCUT2D eigenvalue weighted by atomic mass is 10.2. The number of hydrogen-bond donors (Lipinski definition) is 0. The number of hydrogen-bond acceptors (Lipinski definition) is 3. The number of benzene rings is 1. The lowest BCUT2D eigenvalue weighted by Crippen LogP contribution is -2.01. The van der Waals surface area contributed by atoms with E-state index in [2.05, 4.69) is 0 Å². The van der Waals surface area contributed by atoms with E-state index in [-0.39, 0.29) is 5.97 Å². The molecule has 0 aliphatic heterocycles. The van der Waals surface area contributed by atoms with Crippen molar-refractivity contribution in [2.24, 2.45) is 0 Å². The fourth-order valence-corrected chi connectivity index (χ4v) is 1.42. The van der Waals surface area contributed by atoms with E-state index in [4.69, 9.17) is 9.15 Å². The average Bonchev–Trinajstić information content (AvgIpc) is 2.60. The monoisotopic (exact) mass is 178 g/mol. The summed E-state index contributed by atoms with van der Waals surface area (Å²) in [4.78, 5) is 10.7. The van der Waals surface area contributed by atoms with Crippen LogP contribution in [0.3, 0.4) is 0 Å². The molecule has 2 aromatic rings. The molecule has 0 fully saturated rings. The number of carbonyl (C=O) groups excluding carboxylic acids is 1. The number of ether oxygens (including phenoxy) is 1. The molecule has 68 valence electrons. The molecular formula is C10H10O3. The molecule has 2 bridgehead atoms.